The molecule has 0 amide bonds. The van der Waals surface area contributed by atoms with Gasteiger partial charge in [0.25, 0.3) is 0 Å². The van der Waals surface area contributed by atoms with Crippen molar-refractivity contribution in [1.29, 1.82) is 0 Å². The zero-order chi connectivity index (χ0) is 14.0. The van der Waals surface area contributed by atoms with Crippen LogP contribution in [0.3, 0.4) is 0 Å². The van der Waals surface area contributed by atoms with Gasteiger partial charge < -0.3 is 10.2 Å². The molecular weight excluding hydrogens is 320 g/mol. The third kappa shape index (κ3) is 2.92. The highest BCUT2D eigenvalue weighted by atomic mass is 79.9. The van der Waals surface area contributed by atoms with Crippen molar-refractivity contribution in [2.45, 2.75) is 44.2 Å². The molecule has 1 aromatic heterocycles. The number of nitrogens with zero attached hydrogens (tertiary/aromatic N) is 1. The van der Waals surface area contributed by atoms with Crippen molar-refractivity contribution in [2.75, 3.05) is 21.1 Å². The van der Waals surface area contributed by atoms with Crippen molar-refractivity contribution in [3.63, 3.8) is 0 Å². The number of hydrogen-bond donors (Lipinski definition) is 1. The Morgan fingerprint density at radius 3 is 2.47 bits per heavy atom. The molecule has 2 rings (SSSR count). The summed E-state index contributed by atoms with van der Waals surface area (Å²) in [6.45, 7) is 2.38. The first-order chi connectivity index (χ1) is 9.01. The van der Waals surface area contributed by atoms with Gasteiger partial charge in [-0.15, -0.1) is 11.3 Å². The van der Waals surface area contributed by atoms with Gasteiger partial charge in [0.05, 0.1) is 6.04 Å². The van der Waals surface area contributed by atoms with Crippen LogP contribution in [0.1, 0.15) is 43.5 Å². The first kappa shape index (κ1) is 15.5. The molecule has 1 aliphatic carbocycles. The van der Waals surface area contributed by atoms with Crippen molar-refractivity contribution >= 4 is 27.3 Å². The van der Waals surface area contributed by atoms with E-state index in [2.05, 4.69) is 65.7 Å². The Balaban J connectivity index is 2.34. The van der Waals surface area contributed by atoms with E-state index in [-0.39, 0.29) is 5.54 Å². The standard InChI is InChI=1S/C15H25BrN2S/c1-11-5-8-15(9-6-11,18(3)4)14(17-2)13-12(16)7-10-19-13/h7,10-11,14,17H,5-6,8-9H2,1-4H3. The van der Waals surface area contributed by atoms with Crippen LogP contribution in [-0.2, 0) is 0 Å². The lowest BCUT2D eigenvalue weighted by molar-refractivity contribution is 0.0465. The maximum atomic E-state index is 3.71. The van der Waals surface area contributed by atoms with Crippen LogP contribution in [-0.4, -0.2) is 31.6 Å². The zero-order valence-electron chi connectivity index (χ0n) is 12.4. The molecule has 1 N–H and O–H groups in total. The Bertz CT molecular complexity index is 408. The largest absolute Gasteiger partial charge is 0.311 e. The van der Waals surface area contributed by atoms with Crippen LogP contribution in [0, 0.1) is 5.92 Å². The summed E-state index contributed by atoms with van der Waals surface area (Å²) in [4.78, 5) is 3.89. The highest BCUT2D eigenvalue weighted by Crippen LogP contribution is 2.46. The summed E-state index contributed by atoms with van der Waals surface area (Å²) in [6, 6.07) is 2.57. The highest BCUT2D eigenvalue weighted by molar-refractivity contribution is 9.10. The van der Waals surface area contributed by atoms with E-state index in [1.165, 1.54) is 35.0 Å². The van der Waals surface area contributed by atoms with Crippen LogP contribution < -0.4 is 5.32 Å². The fraction of sp³-hybridized carbons (Fsp3) is 0.733. The van der Waals surface area contributed by atoms with Crippen LogP contribution in [0.25, 0.3) is 0 Å². The van der Waals surface area contributed by atoms with E-state index in [0.29, 0.717) is 6.04 Å². The summed E-state index contributed by atoms with van der Waals surface area (Å²) in [5.41, 5.74) is 0.245. The molecule has 0 spiro atoms. The van der Waals surface area contributed by atoms with E-state index in [1.54, 1.807) is 0 Å². The summed E-state index contributed by atoms with van der Waals surface area (Å²) in [5.74, 6) is 0.873. The number of halogens is 1. The lowest BCUT2D eigenvalue weighted by Gasteiger charge is -2.49. The summed E-state index contributed by atoms with van der Waals surface area (Å²) in [6.07, 6.45) is 5.22. The fourth-order valence-corrected chi connectivity index (χ4v) is 5.23. The van der Waals surface area contributed by atoms with Crippen molar-refractivity contribution in [1.82, 2.24) is 10.2 Å². The van der Waals surface area contributed by atoms with Crippen molar-refractivity contribution in [3.05, 3.63) is 20.8 Å². The minimum Gasteiger partial charge on any atom is -0.311 e. The van der Waals surface area contributed by atoms with Crippen LogP contribution in [0.5, 0.6) is 0 Å². The lowest BCUT2D eigenvalue weighted by Crippen LogP contribution is -2.54. The number of nitrogens with one attached hydrogen (secondary N) is 1. The summed E-state index contributed by atoms with van der Waals surface area (Å²) in [5, 5.41) is 5.77. The summed E-state index contributed by atoms with van der Waals surface area (Å²) in [7, 11) is 6.57. The van der Waals surface area contributed by atoms with Gasteiger partial charge >= 0.3 is 0 Å². The SMILES string of the molecule is CNC(c1sccc1Br)C1(N(C)C)CCC(C)CC1. The van der Waals surface area contributed by atoms with Crippen LogP contribution in [0.4, 0.5) is 0 Å². The summed E-state index contributed by atoms with van der Waals surface area (Å²) < 4.78 is 1.25. The topological polar surface area (TPSA) is 15.3 Å². The molecule has 0 aromatic carbocycles. The maximum absolute atomic E-state index is 3.71. The maximum Gasteiger partial charge on any atom is 0.0610 e. The second-order valence-electron chi connectivity index (χ2n) is 6.04. The monoisotopic (exact) mass is 344 g/mol. The molecule has 108 valence electrons. The smallest absolute Gasteiger partial charge is 0.0610 e. The second-order valence-corrected chi connectivity index (χ2v) is 7.84. The van der Waals surface area contributed by atoms with Gasteiger partial charge in [-0.3, -0.25) is 0 Å². The Morgan fingerprint density at radius 2 is 2.05 bits per heavy atom. The van der Waals surface area contributed by atoms with Gasteiger partial charge in [0.2, 0.25) is 0 Å². The molecule has 1 unspecified atom stereocenters. The molecule has 0 bridgehead atoms. The van der Waals surface area contributed by atoms with Gasteiger partial charge in [0.15, 0.2) is 0 Å². The van der Waals surface area contributed by atoms with Crippen molar-refractivity contribution in [2.24, 2.45) is 5.92 Å². The molecule has 1 atom stereocenters. The molecule has 1 heterocycles. The van der Waals surface area contributed by atoms with Gasteiger partial charge in [-0.1, -0.05) is 6.92 Å². The minimum absolute atomic E-state index is 0.245. The fourth-order valence-electron chi connectivity index (χ4n) is 3.41. The molecule has 1 aromatic rings. The highest BCUT2D eigenvalue weighted by Gasteiger charge is 2.44. The Labute approximate surface area is 129 Å². The molecule has 0 saturated heterocycles. The van der Waals surface area contributed by atoms with Gasteiger partial charge in [0, 0.05) is 14.9 Å². The Hall–Kier alpha value is 0.1000. The van der Waals surface area contributed by atoms with Crippen LogP contribution in [0.2, 0.25) is 0 Å². The van der Waals surface area contributed by atoms with Crippen LogP contribution >= 0.6 is 27.3 Å². The first-order valence-corrected chi connectivity index (χ1v) is 8.76. The van der Waals surface area contributed by atoms with Crippen molar-refractivity contribution < 1.29 is 0 Å². The third-order valence-electron chi connectivity index (χ3n) is 4.76. The summed E-state index contributed by atoms with van der Waals surface area (Å²) >= 11 is 5.57. The van der Waals surface area contributed by atoms with Crippen molar-refractivity contribution in [3.8, 4) is 0 Å². The molecule has 4 heteroatoms. The van der Waals surface area contributed by atoms with E-state index >= 15 is 0 Å². The van der Waals surface area contributed by atoms with Crippen LogP contribution in [0.15, 0.2) is 15.9 Å². The van der Waals surface area contributed by atoms with Gasteiger partial charge in [0.1, 0.15) is 0 Å². The number of likely N-dealkylation sites (N-methyl/N-ethyl adjacent to an activating group) is 2. The predicted molar refractivity (Wildman–Crippen MR) is 87.9 cm³/mol. The number of hydrogen-bond acceptors (Lipinski definition) is 3. The molecular formula is C15H25BrN2S. The average Bonchev–Trinajstić information content (AvgIpc) is 2.79. The van der Waals surface area contributed by atoms with E-state index in [1.807, 2.05) is 11.3 Å². The number of rotatable bonds is 4. The third-order valence-corrected chi connectivity index (χ3v) is 6.70. The molecule has 1 aliphatic rings. The molecule has 0 radical (unpaired) electrons. The van der Waals surface area contributed by atoms with Gasteiger partial charge in [-0.05, 0) is 80.1 Å². The molecule has 1 saturated carbocycles. The predicted octanol–water partition coefficient (Wildman–Crippen LogP) is 4.28. The molecule has 19 heavy (non-hydrogen) atoms. The molecule has 1 fully saturated rings. The van der Waals surface area contributed by atoms with E-state index < -0.39 is 0 Å². The van der Waals surface area contributed by atoms with E-state index in [9.17, 15) is 0 Å². The van der Waals surface area contributed by atoms with Gasteiger partial charge in [-0.25, -0.2) is 0 Å². The minimum atomic E-state index is 0.245. The second kappa shape index (κ2) is 6.25. The Kier molecular flexibility index (Phi) is 5.09. The van der Waals surface area contributed by atoms with E-state index in [0.717, 1.165) is 5.92 Å². The zero-order valence-corrected chi connectivity index (χ0v) is 14.8. The Morgan fingerprint density at radius 1 is 1.42 bits per heavy atom. The van der Waals surface area contributed by atoms with E-state index in [4.69, 9.17) is 0 Å². The number of thiophene rings is 1. The molecule has 0 aliphatic heterocycles. The quantitative estimate of drug-likeness (QED) is 0.876. The average molecular weight is 345 g/mol. The first-order valence-electron chi connectivity index (χ1n) is 7.09. The van der Waals surface area contributed by atoms with Gasteiger partial charge in [-0.2, -0.15) is 0 Å². The normalized spacial score (nSPS) is 29.7. The lowest BCUT2D eigenvalue weighted by atomic mass is 9.71. The molecule has 2 nitrogen and oxygen atoms in total.